The highest BCUT2D eigenvalue weighted by atomic mass is 35.5. The van der Waals surface area contributed by atoms with Crippen LogP contribution in [0.25, 0.3) is 0 Å². The fraction of sp³-hybridized carbons (Fsp3) is 0.375. The fourth-order valence-corrected chi connectivity index (χ4v) is 4.19. The number of methoxy groups -OCH3 is 1. The number of para-hydroxylation sites is 1. The molecule has 0 atom stereocenters. The number of halogens is 1. The number of ether oxygens (including phenoxy) is 1. The first-order valence-corrected chi connectivity index (χ1v) is 10.7. The lowest BCUT2D eigenvalue weighted by Crippen LogP contribution is -2.37. The van der Waals surface area contributed by atoms with E-state index in [1.165, 1.54) is 30.2 Å². The largest absolute Gasteiger partial charge is 0.496 e. The number of imide groups is 1. The van der Waals surface area contributed by atoms with Gasteiger partial charge in [0.1, 0.15) is 5.75 Å². The lowest BCUT2D eigenvalue weighted by Gasteiger charge is -2.26. The van der Waals surface area contributed by atoms with Gasteiger partial charge in [0, 0.05) is 24.2 Å². The van der Waals surface area contributed by atoms with Crippen molar-refractivity contribution in [3.05, 3.63) is 64.7 Å². The van der Waals surface area contributed by atoms with Crippen LogP contribution in [-0.2, 0) is 6.54 Å². The van der Waals surface area contributed by atoms with Crippen LogP contribution in [0.5, 0.6) is 5.75 Å². The van der Waals surface area contributed by atoms with E-state index in [0.717, 1.165) is 25.2 Å². The Balaban J connectivity index is 0.00000289. The topological polar surface area (TPSA) is 79.0 Å². The van der Waals surface area contributed by atoms with Gasteiger partial charge in [-0.15, -0.1) is 12.4 Å². The van der Waals surface area contributed by atoms with Crippen molar-refractivity contribution < 1.29 is 19.1 Å². The number of piperidine rings is 1. The minimum Gasteiger partial charge on any atom is -0.496 e. The smallest absolute Gasteiger partial charge is 0.261 e. The Morgan fingerprint density at radius 1 is 1.00 bits per heavy atom. The third kappa shape index (κ3) is 4.95. The predicted molar refractivity (Wildman–Crippen MR) is 124 cm³/mol. The van der Waals surface area contributed by atoms with Crippen LogP contribution >= 0.6 is 12.4 Å². The van der Waals surface area contributed by atoms with E-state index in [4.69, 9.17) is 4.74 Å². The van der Waals surface area contributed by atoms with Gasteiger partial charge in [-0.1, -0.05) is 24.6 Å². The molecule has 0 bridgehead atoms. The zero-order valence-corrected chi connectivity index (χ0v) is 19.0. The Kier molecular flexibility index (Phi) is 7.88. The average molecular weight is 458 g/mol. The summed E-state index contributed by atoms with van der Waals surface area (Å²) < 4.78 is 5.33. The van der Waals surface area contributed by atoms with Crippen LogP contribution in [0.3, 0.4) is 0 Å². The lowest BCUT2D eigenvalue weighted by molar-refractivity contribution is 0.0641. The van der Waals surface area contributed by atoms with Crippen LogP contribution in [0, 0.1) is 0 Å². The van der Waals surface area contributed by atoms with Crippen molar-refractivity contribution >= 4 is 30.1 Å². The van der Waals surface area contributed by atoms with Crippen molar-refractivity contribution in [1.29, 1.82) is 0 Å². The minimum absolute atomic E-state index is 0. The number of fused-ring (bicyclic) bond motifs is 1. The second kappa shape index (κ2) is 10.6. The van der Waals surface area contributed by atoms with Gasteiger partial charge < -0.3 is 15.0 Å². The number of hydrogen-bond donors (Lipinski definition) is 1. The molecule has 7 nitrogen and oxygen atoms in total. The molecule has 0 aliphatic carbocycles. The number of amides is 3. The zero-order chi connectivity index (χ0) is 21.8. The summed E-state index contributed by atoms with van der Waals surface area (Å²) in [6.07, 6.45) is 3.69. The normalized spacial score (nSPS) is 15.8. The molecule has 1 N–H and O–H groups in total. The summed E-state index contributed by atoms with van der Waals surface area (Å²) in [7, 11) is 1.55. The Labute approximate surface area is 194 Å². The molecule has 0 saturated carbocycles. The van der Waals surface area contributed by atoms with Crippen LogP contribution < -0.4 is 10.1 Å². The van der Waals surface area contributed by atoms with Crippen LogP contribution in [0.15, 0.2) is 42.5 Å². The molecule has 3 amide bonds. The SMILES string of the molecule is COc1ccccc1CN1C(=O)c2ccc(C(=O)NCCN3CCCCC3)cc2C1=O.Cl. The molecular formula is C24H28ClN3O4. The molecule has 32 heavy (non-hydrogen) atoms. The number of carbonyl (C=O) groups is 3. The molecule has 2 aliphatic heterocycles. The lowest BCUT2D eigenvalue weighted by atomic mass is 10.1. The molecule has 2 heterocycles. The summed E-state index contributed by atoms with van der Waals surface area (Å²) in [6.45, 7) is 3.65. The van der Waals surface area contributed by atoms with Crippen LogP contribution in [0.2, 0.25) is 0 Å². The molecule has 8 heteroatoms. The maximum Gasteiger partial charge on any atom is 0.261 e. The van der Waals surface area contributed by atoms with E-state index in [1.807, 2.05) is 18.2 Å². The van der Waals surface area contributed by atoms with Gasteiger partial charge in [0.05, 0.1) is 24.8 Å². The number of nitrogens with one attached hydrogen (secondary N) is 1. The van der Waals surface area contributed by atoms with Crippen LogP contribution in [0.4, 0.5) is 0 Å². The maximum atomic E-state index is 12.9. The summed E-state index contributed by atoms with van der Waals surface area (Å²) in [4.78, 5) is 41.9. The van der Waals surface area contributed by atoms with E-state index in [1.54, 1.807) is 25.3 Å². The number of likely N-dealkylation sites (tertiary alicyclic amines) is 1. The molecule has 1 fully saturated rings. The first-order chi connectivity index (χ1) is 15.1. The number of hydrogen-bond acceptors (Lipinski definition) is 5. The van der Waals surface area contributed by atoms with E-state index < -0.39 is 5.91 Å². The van der Waals surface area contributed by atoms with Crippen molar-refractivity contribution in [3.8, 4) is 5.75 Å². The first kappa shape index (κ1) is 23.8. The van der Waals surface area contributed by atoms with Gasteiger partial charge in [0.25, 0.3) is 17.7 Å². The number of rotatable bonds is 7. The summed E-state index contributed by atoms with van der Waals surface area (Å²) in [5.41, 5.74) is 1.72. The standard InChI is InChI=1S/C24H27N3O4.ClH/c1-31-21-8-4-3-7-18(21)16-27-23(29)19-10-9-17(15-20(19)24(27)30)22(28)25-11-14-26-12-5-2-6-13-26;/h3-4,7-10,15H,2,5-6,11-14,16H2,1H3,(H,25,28);1H. The second-order valence-corrected chi connectivity index (χ2v) is 7.93. The highest BCUT2D eigenvalue weighted by molar-refractivity contribution is 6.22. The number of benzene rings is 2. The van der Waals surface area contributed by atoms with Gasteiger partial charge in [-0.05, 0) is 50.2 Å². The van der Waals surface area contributed by atoms with Crippen LogP contribution in [0.1, 0.15) is 55.9 Å². The Morgan fingerprint density at radius 2 is 1.72 bits per heavy atom. The molecule has 1 saturated heterocycles. The molecule has 0 spiro atoms. The third-order valence-corrected chi connectivity index (χ3v) is 5.92. The minimum atomic E-state index is -0.395. The van der Waals surface area contributed by atoms with Crippen LogP contribution in [-0.4, -0.2) is 60.8 Å². The maximum absolute atomic E-state index is 12.9. The number of carbonyl (C=O) groups excluding carboxylic acids is 3. The molecule has 0 aromatic heterocycles. The van der Waals surface area contributed by atoms with Gasteiger partial charge in [-0.3, -0.25) is 19.3 Å². The summed E-state index contributed by atoms with van der Waals surface area (Å²) in [5.74, 6) is -0.368. The Hall–Kier alpha value is -2.90. The highest BCUT2D eigenvalue weighted by Gasteiger charge is 2.36. The van der Waals surface area contributed by atoms with E-state index in [-0.39, 0.29) is 36.3 Å². The fourth-order valence-electron chi connectivity index (χ4n) is 4.19. The van der Waals surface area contributed by atoms with Gasteiger partial charge >= 0.3 is 0 Å². The van der Waals surface area contributed by atoms with Crippen molar-refractivity contribution in [2.45, 2.75) is 25.8 Å². The van der Waals surface area contributed by atoms with E-state index in [9.17, 15) is 14.4 Å². The van der Waals surface area contributed by atoms with E-state index >= 15 is 0 Å². The van der Waals surface area contributed by atoms with Gasteiger partial charge in [0.15, 0.2) is 0 Å². The molecular weight excluding hydrogens is 430 g/mol. The molecule has 170 valence electrons. The first-order valence-electron chi connectivity index (χ1n) is 10.7. The summed E-state index contributed by atoms with van der Waals surface area (Å²) in [6, 6.07) is 12.0. The zero-order valence-electron chi connectivity index (χ0n) is 18.1. The van der Waals surface area contributed by atoms with Gasteiger partial charge in [-0.2, -0.15) is 0 Å². The van der Waals surface area contributed by atoms with Gasteiger partial charge in [0.2, 0.25) is 0 Å². The monoisotopic (exact) mass is 457 g/mol. The summed E-state index contributed by atoms with van der Waals surface area (Å²) in [5, 5.41) is 2.92. The second-order valence-electron chi connectivity index (χ2n) is 7.93. The van der Waals surface area contributed by atoms with Gasteiger partial charge in [-0.25, -0.2) is 0 Å². The Bertz CT molecular complexity index is 1000. The van der Waals surface area contributed by atoms with Crippen molar-refractivity contribution in [2.24, 2.45) is 0 Å². The highest BCUT2D eigenvalue weighted by Crippen LogP contribution is 2.28. The number of nitrogens with zero attached hydrogens (tertiary/aromatic N) is 2. The van der Waals surface area contributed by atoms with E-state index in [2.05, 4.69) is 10.2 Å². The third-order valence-electron chi connectivity index (χ3n) is 5.92. The average Bonchev–Trinajstić information content (AvgIpc) is 3.04. The predicted octanol–water partition coefficient (Wildman–Crippen LogP) is 3.13. The molecule has 2 aromatic carbocycles. The molecule has 0 unspecified atom stereocenters. The quantitative estimate of drug-likeness (QED) is 0.646. The molecule has 4 rings (SSSR count). The molecule has 2 aliphatic rings. The van der Waals surface area contributed by atoms with Crippen molar-refractivity contribution in [1.82, 2.24) is 15.1 Å². The van der Waals surface area contributed by atoms with E-state index in [0.29, 0.717) is 23.4 Å². The van der Waals surface area contributed by atoms with Crippen molar-refractivity contribution in [2.75, 3.05) is 33.3 Å². The van der Waals surface area contributed by atoms with Crippen molar-refractivity contribution in [3.63, 3.8) is 0 Å². The summed E-state index contributed by atoms with van der Waals surface area (Å²) >= 11 is 0. The Morgan fingerprint density at radius 3 is 2.47 bits per heavy atom. The molecule has 2 aromatic rings. The molecule has 0 radical (unpaired) electrons.